The van der Waals surface area contributed by atoms with E-state index < -0.39 is 0 Å². The van der Waals surface area contributed by atoms with Crippen molar-refractivity contribution < 1.29 is 4.79 Å². The zero-order valence-electron chi connectivity index (χ0n) is 14.3. The van der Waals surface area contributed by atoms with Crippen LogP contribution in [-0.2, 0) is 4.79 Å². The maximum Gasteiger partial charge on any atom is 0.224 e. The fraction of sp³-hybridized carbons (Fsp3) is 0.722. The average molecular weight is 316 g/mol. The van der Waals surface area contributed by atoms with Crippen LogP contribution in [0.25, 0.3) is 0 Å². The number of carbonyl (C=O) groups excluding carboxylic acids is 1. The molecule has 1 aromatic rings. The first-order valence-electron chi connectivity index (χ1n) is 8.97. The summed E-state index contributed by atoms with van der Waals surface area (Å²) in [6, 6.07) is 0.165. The summed E-state index contributed by atoms with van der Waals surface area (Å²) in [4.78, 5) is 22.9. The normalized spacial score (nSPS) is 22.8. The van der Waals surface area contributed by atoms with E-state index in [1.165, 1.54) is 32.1 Å². The van der Waals surface area contributed by atoms with Gasteiger partial charge in [-0.05, 0) is 24.7 Å². The van der Waals surface area contributed by atoms with Crippen LogP contribution in [0.1, 0.15) is 63.9 Å². The van der Waals surface area contributed by atoms with Gasteiger partial charge in [-0.15, -0.1) is 0 Å². The molecule has 23 heavy (non-hydrogen) atoms. The molecule has 1 saturated carbocycles. The number of hydrogen-bond acceptors (Lipinski definition) is 4. The minimum atomic E-state index is 0.165. The van der Waals surface area contributed by atoms with E-state index >= 15 is 0 Å². The monoisotopic (exact) mass is 316 g/mol. The number of rotatable bonds is 5. The van der Waals surface area contributed by atoms with E-state index in [0.717, 1.165) is 24.5 Å². The van der Waals surface area contributed by atoms with E-state index in [4.69, 9.17) is 0 Å². The predicted octanol–water partition coefficient (Wildman–Crippen LogP) is 3.19. The highest BCUT2D eigenvalue weighted by Gasteiger charge is 2.32. The number of carbonyl (C=O) groups is 1. The molecular weight excluding hydrogens is 288 g/mol. The van der Waals surface area contributed by atoms with Crippen LogP contribution in [0.4, 0.5) is 5.82 Å². The summed E-state index contributed by atoms with van der Waals surface area (Å²) in [6.45, 7) is 6.02. The third-order valence-corrected chi connectivity index (χ3v) is 5.12. The van der Waals surface area contributed by atoms with Crippen molar-refractivity contribution in [1.82, 2.24) is 14.9 Å². The van der Waals surface area contributed by atoms with Crippen molar-refractivity contribution in [2.75, 3.05) is 18.4 Å². The van der Waals surface area contributed by atoms with Crippen molar-refractivity contribution in [3.8, 4) is 0 Å². The molecule has 1 unspecified atom stereocenters. The molecule has 1 atom stereocenters. The van der Waals surface area contributed by atoms with Gasteiger partial charge in [0.1, 0.15) is 12.1 Å². The molecule has 1 aliphatic carbocycles. The van der Waals surface area contributed by atoms with Gasteiger partial charge in [-0.25, -0.2) is 9.97 Å². The van der Waals surface area contributed by atoms with E-state index in [-0.39, 0.29) is 11.9 Å². The Morgan fingerprint density at radius 2 is 2.09 bits per heavy atom. The molecule has 0 spiro atoms. The first-order valence-corrected chi connectivity index (χ1v) is 8.97. The highest BCUT2D eigenvalue weighted by atomic mass is 16.2. The summed E-state index contributed by atoms with van der Waals surface area (Å²) in [7, 11) is 0. The van der Waals surface area contributed by atoms with Crippen molar-refractivity contribution >= 4 is 11.7 Å². The lowest BCUT2D eigenvalue weighted by molar-refractivity contribution is -0.128. The van der Waals surface area contributed by atoms with E-state index in [2.05, 4.69) is 34.0 Å². The fourth-order valence-electron chi connectivity index (χ4n) is 3.80. The molecule has 1 aliphatic heterocycles. The van der Waals surface area contributed by atoms with Gasteiger partial charge in [0.25, 0.3) is 0 Å². The zero-order chi connectivity index (χ0) is 16.2. The molecule has 1 N–H and O–H groups in total. The van der Waals surface area contributed by atoms with E-state index in [0.29, 0.717) is 18.3 Å². The molecule has 2 aliphatic rings. The molecule has 126 valence electrons. The van der Waals surface area contributed by atoms with Crippen LogP contribution >= 0.6 is 0 Å². The van der Waals surface area contributed by atoms with Gasteiger partial charge in [-0.1, -0.05) is 33.1 Å². The van der Waals surface area contributed by atoms with Gasteiger partial charge < -0.3 is 10.2 Å². The van der Waals surface area contributed by atoms with Gasteiger partial charge in [-0.2, -0.15) is 0 Å². The van der Waals surface area contributed by atoms with E-state index in [9.17, 15) is 4.79 Å². The Hall–Kier alpha value is -1.65. The molecular formula is C18H28N4O. The third-order valence-electron chi connectivity index (χ3n) is 5.12. The van der Waals surface area contributed by atoms with Crippen LogP contribution in [0, 0.1) is 5.92 Å². The Morgan fingerprint density at radius 3 is 2.83 bits per heavy atom. The first kappa shape index (κ1) is 16.2. The molecule has 2 heterocycles. The Kier molecular flexibility index (Phi) is 5.13. The lowest BCUT2D eigenvalue weighted by Crippen LogP contribution is -2.33. The Bertz CT molecular complexity index is 540. The number of hydrogen-bond donors (Lipinski definition) is 1. The van der Waals surface area contributed by atoms with E-state index in [1.807, 2.05) is 6.20 Å². The Morgan fingerprint density at radius 1 is 1.30 bits per heavy atom. The number of anilines is 1. The zero-order valence-corrected chi connectivity index (χ0v) is 14.3. The summed E-state index contributed by atoms with van der Waals surface area (Å²) < 4.78 is 0. The van der Waals surface area contributed by atoms with Gasteiger partial charge >= 0.3 is 0 Å². The van der Waals surface area contributed by atoms with Crippen molar-refractivity contribution in [3.63, 3.8) is 0 Å². The maximum atomic E-state index is 12.3. The van der Waals surface area contributed by atoms with Crippen molar-refractivity contribution in [1.29, 1.82) is 0 Å². The minimum Gasteiger partial charge on any atom is -0.365 e. The second-order valence-electron chi connectivity index (χ2n) is 7.33. The topological polar surface area (TPSA) is 58.1 Å². The van der Waals surface area contributed by atoms with Gasteiger partial charge in [0.05, 0.1) is 6.04 Å². The summed E-state index contributed by atoms with van der Waals surface area (Å²) >= 11 is 0. The van der Waals surface area contributed by atoms with Crippen molar-refractivity contribution in [2.45, 2.75) is 64.3 Å². The predicted molar refractivity (Wildman–Crippen MR) is 91.3 cm³/mol. The summed E-state index contributed by atoms with van der Waals surface area (Å²) in [5, 5.41) is 3.47. The molecule has 0 radical (unpaired) electrons. The lowest BCUT2D eigenvalue weighted by atomic mass is 9.89. The molecule has 5 heteroatoms. The number of amides is 1. The van der Waals surface area contributed by atoms with E-state index in [1.54, 1.807) is 6.33 Å². The molecule has 0 bridgehead atoms. The van der Waals surface area contributed by atoms with Crippen LogP contribution in [0.15, 0.2) is 12.5 Å². The lowest BCUT2D eigenvalue weighted by Gasteiger charge is -2.27. The molecule has 0 aromatic carbocycles. The number of aromatic nitrogens is 2. The molecule has 3 rings (SSSR count). The second-order valence-corrected chi connectivity index (χ2v) is 7.33. The van der Waals surface area contributed by atoms with Crippen molar-refractivity contribution in [3.05, 3.63) is 18.1 Å². The molecule has 5 nitrogen and oxygen atoms in total. The van der Waals surface area contributed by atoms with Gasteiger partial charge in [0, 0.05) is 31.3 Å². The quantitative estimate of drug-likeness (QED) is 0.906. The highest BCUT2D eigenvalue weighted by molar-refractivity contribution is 5.80. The number of likely N-dealkylation sites (tertiary alicyclic amines) is 1. The molecule has 1 saturated heterocycles. The molecule has 2 fully saturated rings. The SMILES string of the molecule is CC(C)c1cncnc1NC1CC(=O)N(CC2CCCCC2)C1. The molecule has 1 amide bonds. The summed E-state index contributed by atoms with van der Waals surface area (Å²) in [5.41, 5.74) is 1.12. The largest absolute Gasteiger partial charge is 0.365 e. The number of nitrogens with one attached hydrogen (secondary N) is 1. The smallest absolute Gasteiger partial charge is 0.224 e. The summed E-state index contributed by atoms with van der Waals surface area (Å²) in [6.07, 6.45) is 10.6. The minimum absolute atomic E-state index is 0.165. The second kappa shape index (κ2) is 7.28. The van der Waals surface area contributed by atoms with Gasteiger partial charge in [0.2, 0.25) is 5.91 Å². The third kappa shape index (κ3) is 4.01. The van der Waals surface area contributed by atoms with Crippen LogP contribution in [-0.4, -0.2) is 39.9 Å². The Labute approximate surface area is 138 Å². The number of nitrogens with zero attached hydrogens (tertiary/aromatic N) is 3. The van der Waals surface area contributed by atoms with Crippen LogP contribution in [0.2, 0.25) is 0 Å². The first-order chi connectivity index (χ1) is 11.1. The molecule has 1 aromatic heterocycles. The van der Waals surface area contributed by atoms with Crippen molar-refractivity contribution in [2.24, 2.45) is 5.92 Å². The van der Waals surface area contributed by atoms with Crippen LogP contribution in [0.5, 0.6) is 0 Å². The maximum absolute atomic E-state index is 12.3. The summed E-state index contributed by atoms with van der Waals surface area (Å²) in [5.74, 6) is 2.24. The fourth-order valence-corrected chi connectivity index (χ4v) is 3.80. The Balaban J connectivity index is 1.59. The van der Waals surface area contributed by atoms with Crippen LogP contribution in [0.3, 0.4) is 0 Å². The average Bonchev–Trinajstić information content (AvgIpc) is 2.88. The standard InChI is InChI=1S/C18H28N4O/c1-13(2)16-9-19-12-20-18(16)21-15-8-17(23)22(11-15)10-14-6-4-3-5-7-14/h9,12-15H,3-8,10-11H2,1-2H3,(H,19,20,21). The van der Waals surface area contributed by atoms with Gasteiger partial charge in [0.15, 0.2) is 0 Å². The highest BCUT2D eigenvalue weighted by Crippen LogP contribution is 2.27. The van der Waals surface area contributed by atoms with Gasteiger partial charge in [-0.3, -0.25) is 4.79 Å². The van der Waals surface area contributed by atoms with Crippen LogP contribution < -0.4 is 5.32 Å².